The SMILES string of the molecule is CCCNC(c1ccccc1)c1nccn1C. The summed E-state index contributed by atoms with van der Waals surface area (Å²) >= 11 is 0. The van der Waals surface area contributed by atoms with Gasteiger partial charge in [0.2, 0.25) is 0 Å². The largest absolute Gasteiger partial charge is 0.336 e. The highest BCUT2D eigenvalue weighted by atomic mass is 15.1. The number of aromatic nitrogens is 2. The molecule has 0 spiro atoms. The lowest BCUT2D eigenvalue weighted by molar-refractivity contribution is 0.555. The topological polar surface area (TPSA) is 29.9 Å². The van der Waals surface area contributed by atoms with Crippen molar-refractivity contribution < 1.29 is 0 Å². The molecular weight excluding hydrogens is 210 g/mol. The van der Waals surface area contributed by atoms with E-state index in [4.69, 9.17) is 0 Å². The molecule has 1 unspecified atom stereocenters. The van der Waals surface area contributed by atoms with Crippen molar-refractivity contribution in [3.05, 3.63) is 54.1 Å². The first-order valence-corrected chi connectivity index (χ1v) is 6.08. The monoisotopic (exact) mass is 229 g/mol. The van der Waals surface area contributed by atoms with Gasteiger partial charge >= 0.3 is 0 Å². The van der Waals surface area contributed by atoms with E-state index in [1.807, 2.05) is 25.5 Å². The molecule has 3 nitrogen and oxygen atoms in total. The summed E-state index contributed by atoms with van der Waals surface area (Å²) in [5, 5.41) is 3.55. The molecule has 0 aliphatic rings. The quantitative estimate of drug-likeness (QED) is 0.853. The molecule has 0 fully saturated rings. The van der Waals surface area contributed by atoms with E-state index < -0.39 is 0 Å². The van der Waals surface area contributed by atoms with Crippen LogP contribution in [0, 0.1) is 0 Å². The molecule has 2 rings (SSSR count). The molecule has 0 saturated carbocycles. The number of benzene rings is 1. The number of hydrogen-bond donors (Lipinski definition) is 1. The minimum atomic E-state index is 0.177. The fourth-order valence-electron chi connectivity index (χ4n) is 1.95. The zero-order valence-electron chi connectivity index (χ0n) is 10.4. The van der Waals surface area contributed by atoms with Gasteiger partial charge in [0.15, 0.2) is 0 Å². The van der Waals surface area contributed by atoms with Crippen LogP contribution in [0.15, 0.2) is 42.7 Å². The van der Waals surface area contributed by atoms with Crippen molar-refractivity contribution in [3.8, 4) is 0 Å². The molecule has 1 aromatic carbocycles. The number of rotatable bonds is 5. The normalized spacial score (nSPS) is 12.6. The van der Waals surface area contributed by atoms with Gasteiger partial charge in [0, 0.05) is 19.4 Å². The van der Waals surface area contributed by atoms with E-state index in [1.54, 1.807) is 0 Å². The van der Waals surface area contributed by atoms with Gasteiger partial charge < -0.3 is 9.88 Å². The van der Waals surface area contributed by atoms with E-state index in [0.717, 1.165) is 18.8 Å². The van der Waals surface area contributed by atoms with Crippen LogP contribution in [0.5, 0.6) is 0 Å². The Balaban J connectivity index is 2.29. The van der Waals surface area contributed by atoms with Gasteiger partial charge in [-0.2, -0.15) is 0 Å². The Morgan fingerprint density at radius 3 is 2.65 bits per heavy atom. The van der Waals surface area contributed by atoms with Gasteiger partial charge in [-0.25, -0.2) is 4.98 Å². The maximum absolute atomic E-state index is 4.45. The van der Waals surface area contributed by atoms with E-state index in [9.17, 15) is 0 Å². The molecule has 1 heterocycles. The van der Waals surface area contributed by atoms with Gasteiger partial charge in [-0.3, -0.25) is 0 Å². The molecule has 3 heteroatoms. The Hall–Kier alpha value is -1.61. The second-order valence-electron chi connectivity index (χ2n) is 4.19. The first-order valence-electron chi connectivity index (χ1n) is 6.08. The van der Waals surface area contributed by atoms with Crippen LogP contribution in [-0.4, -0.2) is 16.1 Å². The lowest BCUT2D eigenvalue weighted by Gasteiger charge is -2.18. The summed E-state index contributed by atoms with van der Waals surface area (Å²) in [6.45, 7) is 3.17. The third-order valence-electron chi connectivity index (χ3n) is 2.85. The van der Waals surface area contributed by atoms with Gasteiger partial charge in [-0.15, -0.1) is 0 Å². The van der Waals surface area contributed by atoms with E-state index >= 15 is 0 Å². The first-order chi connectivity index (χ1) is 8.33. The van der Waals surface area contributed by atoms with Crippen LogP contribution in [-0.2, 0) is 7.05 Å². The third kappa shape index (κ3) is 2.74. The molecule has 17 heavy (non-hydrogen) atoms. The average molecular weight is 229 g/mol. The molecule has 0 radical (unpaired) electrons. The summed E-state index contributed by atoms with van der Waals surface area (Å²) in [5.74, 6) is 1.06. The summed E-state index contributed by atoms with van der Waals surface area (Å²) in [6, 6.07) is 10.6. The molecule has 0 amide bonds. The fraction of sp³-hybridized carbons (Fsp3) is 0.357. The van der Waals surface area contributed by atoms with Crippen molar-refractivity contribution in [2.24, 2.45) is 7.05 Å². The van der Waals surface area contributed by atoms with Crippen molar-refractivity contribution in [2.75, 3.05) is 6.54 Å². The molecule has 0 saturated heterocycles. The Morgan fingerprint density at radius 2 is 2.06 bits per heavy atom. The predicted octanol–water partition coefficient (Wildman–Crippen LogP) is 2.51. The summed E-state index contributed by atoms with van der Waals surface area (Å²) in [7, 11) is 2.03. The molecule has 0 aliphatic carbocycles. The Labute approximate surface area is 103 Å². The van der Waals surface area contributed by atoms with Gasteiger partial charge in [-0.1, -0.05) is 37.3 Å². The maximum atomic E-state index is 4.45. The van der Waals surface area contributed by atoms with Crippen molar-refractivity contribution >= 4 is 0 Å². The smallest absolute Gasteiger partial charge is 0.130 e. The van der Waals surface area contributed by atoms with E-state index in [-0.39, 0.29) is 6.04 Å². The van der Waals surface area contributed by atoms with Crippen molar-refractivity contribution in [1.29, 1.82) is 0 Å². The number of nitrogens with zero attached hydrogens (tertiary/aromatic N) is 2. The number of nitrogens with one attached hydrogen (secondary N) is 1. The highest BCUT2D eigenvalue weighted by molar-refractivity contribution is 5.25. The van der Waals surface area contributed by atoms with Crippen LogP contribution in [0.25, 0.3) is 0 Å². The lowest BCUT2D eigenvalue weighted by atomic mass is 10.1. The second-order valence-corrected chi connectivity index (χ2v) is 4.19. The summed E-state index contributed by atoms with van der Waals surface area (Å²) in [5.41, 5.74) is 1.26. The van der Waals surface area contributed by atoms with Crippen molar-refractivity contribution in [3.63, 3.8) is 0 Å². The number of aryl methyl sites for hydroxylation is 1. The van der Waals surface area contributed by atoms with Crippen LogP contribution < -0.4 is 5.32 Å². The second kappa shape index (κ2) is 5.64. The molecular formula is C14H19N3. The maximum Gasteiger partial charge on any atom is 0.130 e. The molecule has 1 N–H and O–H groups in total. The molecule has 1 atom stereocenters. The highest BCUT2D eigenvalue weighted by Crippen LogP contribution is 2.19. The summed E-state index contributed by atoms with van der Waals surface area (Å²) < 4.78 is 2.07. The van der Waals surface area contributed by atoms with Crippen LogP contribution in [0.1, 0.15) is 30.8 Å². The molecule has 1 aromatic heterocycles. The van der Waals surface area contributed by atoms with Crippen LogP contribution >= 0.6 is 0 Å². The van der Waals surface area contributed by atoms with Gasteiger partial charge in [-0.05, 0) is 18.5 Å². The third-order valence-corrected chi connectivity index (χ3v) is 2.85. The van der Waals surface area contributed by atoms with Crippen LogP contribution in [0.3, 0.4) is 0 Å². The van der Waals surface area contributed by atoms with E-state index in [2.05, 4.69) is 46.1 Å². The average Bonchev–Trinajstić information content (AvgIpc) is 2.78. The molecule has 2 aromatic rings. The Morgan fingerprint density at radius 1 is 1.29 bits per heavy atom. The zero-order valence-corrected chi connectivity index (χ0v) is 10.4. The van der Waals surface area contributed by atoms with E-state index in [1.165, 1.54) is 5.56 Å². The Bertz CT molecular complexity index is 448. The molecule has 0 bridgehead atoms. The summed E-state index contributed by atoms with van der Waals surface area (Å²) in [6.07, 6.45) is 4.95. The number of imidazole rings is 1. The minimum absolute atomic E-state index is 0.177. The van der Waals surface area contributed by atoms with Gasteiger partial charge in [0.1, 0.15) is 5.82 Å². The number of hydrogen-bond acceptors (Lipinski definition) is 2. The predicted molar refractivity (Wildman–Crippen MR) is 69.8 cm³/mol. The highest BCUT2D eigenvalue weighted by Gasteiger charge is 2.16. The minimum Gasteiger partial charge on any atom is -0.336 e. The first kappa shape index (κ1) is 11.9. The summed E-state index contributed by atoms with van der Waals surface area (Å²) in [4.78, 5) is 4.45. The van der Waals surface area contributed by atoms with Crippen LogP contribution in [0.2, 0.25) is 0 Å². The van der Waals surface area contributed by atoms with Gasteiger partial charge in [0.05, 0.1) is 6.04 Å². The van der Waals surface area contributed by atoms with Crippen molar-refractivity contribution in [1.82, 2.24) is 14.9 Å². The van der Waals surface area contributed by atoms with E-state index in [0.29, 0.717) is 0 Å². The lowest BCUT2D eigenvalue weighted by Crippen LogP contribution is -2.25. The van der Waals surface area contributed by atoms with Gasteiger partial charge in [0.25, 0.3) is 0 Å². The standard InChI is InChI=1S/C14H19N3/c1-3-9-15-13(12-7-5-4-6-8-12)14-16-10-11-17(14)2/h4-8,10-11,13,15H,3,9H2,1-2H3. The fourth-order valence-corrected chi connectivity index (χ4v) is 1.95. The van der Waals surface area contributed by atoms with Crippen LogP contribution in [0.4, 0.5) is 0 Å². The molecule has 90 valence electrons. The van der Waals surface area contributed by atoms with Crippen molar-refractivity contribution in [2.45, 2.75) is 19.4 Å². The molecule has 0 aliphatic heterocycles. The zero-order chi connectivity index (χ0) is 12.1. The Kier molecular flexibility index (Phi) is 3.94.